The summed E-state index contributed by atoms with van der Waals surface area (Å²) in [4.78, 5) is 46.7. The first-order chi connectivity index (χ1) is 14.6. The molecule has 0 aliphatic carbocycles. The number of ether oxygens (including phenoxy) is 1. The number of hydrogen-bond donors (Lipinski definition) is 4. The van der Waals surface area contributed by atoms with Crippen LogP contribution in [0.4, 0.5) is 9.59 Å². The number of hydrazine groups is 1. The minimum absolute atomic E-state index is 0.0706. The van der Waals surface area contributed by atoms with Crippen LogP contribution in [-0.2, 0) is 14.3 Å². The van der Waals surface area contributed by atoms with Gasteiger partial charge < -0.3 is 15.0 Å². The third-order valence-corrected chi connectivity index (χ3v) is 4.52. The van der Waals surface area contributed by atoms with Crippen LogP contribution in [0.5, 0.6) is 0 Å². The molecule has 2 fully saturated rings. The van der Waals surface area contributed by atoms with Crippen molar-refractivity contribution in [3.63, 3.8) is 0 Å². The van der Waals surface area contributed by atoms with Crippen molar-refractivity contribution in [3.05, 3.63) is 35.9 Å². The number of carbonyl (C=O) groups is 4. The molecule has 1 aromatic carbocycles. The van der Waals surface area contributed by atoms with E-state index in [1.807, 2.05) is 5.43 Å². The summed E-state index contributed by atoms with van der Waals surface area (Å²) in [6.07, 6.45) is 1.57. The van der Waals surface area contributed by atoms with Gasteiger partial charge in [-0.15, -0.1) is 0 Å². The maximum absolute atomic E-state index is 12.0. The van der Waals surface area contributed by atoms with Gasteiger partial charge in [0.05, 0.1) is 6.04 Å². The van der Waals surface area contributed by atoms with E-state index in [1.54, 1.807) is 56.0 Å². The van der Waals surface area contributed by atoms with Gasteiger partial charge in [-0.3, -0.25) is 25.6 Å². The first kappa shape index (κ1) is 23.9. The molecule has 11 heteroatoms. The molecule has 11 nitrogen and oxygen atoms in total. The third-order valence-electron chi connectivity index (χ3n) is 4.52. The summed E-state index contributed by atoms with van der Waals surface area (Å²) in [7, 11) is 0. The molecule has 5 amide bonds. The molecule has 0 saturated carbocycles. The normalized spacial score (nSPS) is 18.3. The van der Waals surface area contributed by atoms with E-state index in [2.05, 4.69) is 10.7 Å². The highest BCUT2D eigenvalue weighted by molar-refractivity contribution is 5.87. The Bertz CT molecular complexity index is 778. The van der Waals surface area contributed by atoms with Gasteiger partial charge in [-0.05, 0) is 39.2 Å². The van der Waals surface area contributed by atoms with E-state index in [0.29, 0.717) is 12.0 Å². The fourth-order valence-electron chi connectivity index (χ4n) is 3.17. The Labute approximate surface area is 180 Å². The summed E-state index contributed by atoms with van der Waals surface area (Å²) in [5.74, 6) is -0.584. The molecule has 2 unspecified atom stereocenters. The molecule has 2 bridgehead atoms. The van der Waals surface area contributed by atoms with E-state index in [-0.39, 0.29) is 12.1 Å². The molecule has 4 N–H and O–H groups in total. The van der Waals surface area contributed by atoms with Crippen LogP contribution >= 0.6 is 0 Å². The highest BCUT2D eigenvalue weighted by Crippen LogP contribution is 2.22. The second-order valence-corrected chi connectivity index (χ2v) is 8.11. The number of hydroxylamine groups is 2. The maximum Gasteiger partial charge on any atom is 0.408 e. The van der Waals surface area contributed by atoms with Crippen LogP contribution in [0.2, 0.25) is 0 Å². The largest absolute Gasteiger partial charge is 0.444 e. The monoisotopic (exact) mass is 435 g/mol. The van der Waals surface area contributed by atoms with Crippen molar-refractivity contribution in [1.82, 2.24) is 26.1 Å². The fourth-order valence-corrected chi connectivity index (χ4v) is 3.17. The molecule has 2 atom stereocenters. The predicted molar refractivity (Wildman–Crippen MR) is 110 cm³/mol. The Morgan fingerprint density at radius 2 is 1.94 bits per heavy atom. The molecule has 0 aromatic heterocycles. The summed E-state index contributed by atoms with van der Waals surface area (Å²) in [5.41, 5.74) is 4.11. The van der Waals surface area contributed by atoms with Crippen LogP contribution in [0.15, 0.2) is 30.3 Å². The minimum Gasteiger partial charge on any atom is -0.444 e. The first-order valence-corrected chi connectivity index (χ1v) is 9.93. The average molecular weight is 435 g/mol. The third kappa shape index (κ3) is 7.14. The maximum atomic E-state index is 12.0. The standard InChI is InChI=1S/C14H19N3O4.C6H10N2O2/c1-14(2,3)21-13(20)16-11(12(19)17-15-9-18)10-7-5-4-6-8-10;9-6-7-3-1-2-5(4-7)8(6)10/h4-9,11H,1-3H3,(H,15,18)(H,16,20)(H,17,19);5,10H,1-4H2. The second kappa shape index (κ2) is 10.6. The molecule has 170 valence electrons. The lowest BCUT2D eigenvalue weighted by Crippen LogP contribution is -2.46. The lowest BCUT2D eigenvalue weighted by molar-refractivity contribution is -0.126. The smallest absolute Gasteiger partial charge is 0.408 e. The zero-order valence-corrected chi connectivity index (χ0v) is 17.8. The summed E-state index contributed by atoms with van der Waals surface area (Å²) in [6.45, 7) is 6.69. The van der Waals surface area contributed by atoms with Crippen molar-refractivity contribution < 1.29 is 29.1 Å². The Kier molecular flexibility index (Phi) is 8.20. The van der Waals surface area contributed by atoms with Crippen LogP contribution in [0, 0.1) is 0 Å². The van der Waals surface area contributed by atoms with Gasteiger partial charge in [-0.1, -0.05) is 30.3 Å². The van der Waals surface area contributed by atoms with E-state index in [1.165, 1.54) is 0 Å². The zero-order chi connectivity index (χ0) is 23.0. The number of nitrogens with one attached hydrogen (secondary N) is 3. The number of carbonyl (C=O) groups excluding carboxylic acids is 4. The van der Waals surface area contributed by atoms with Gasteiger partial charge in [-0.2, -0.15) is 0 Å². The quantitative estimate of drug-likeness (QED) is 0.312. The fraction of sp³-hybridized carbons (Fsp3) is 0.500. The Balaban J connectivity index is 0.000000280. The van der Waals surface area contributed by atoms with Crippen LogP contribution in [0.3, 0.4) is 0 Å². The molecule has 3 rings (SSSR count). The van der Waals surface area contributed by atoms with Gasteiger partial charge in [0.15, 0.2) is 0 Å². The molecule has 0 spiro atoms. The summed E-state index contributed by atoms with van der Waals surface area (Å²) in [6, 6.07) is 7.50. The van der Waals surface area contributed by atoms with Gasteiger partial charge in [0, 0.05) is 13.1 Å². The van der Waals surface area contributed by atoms with Gasteiger partial charge >= 0.3 is 12.1 Å². The van der Waals surface area contributed by atoms with Crippen LogP contribution in [-0.4, -0.2) is 64.3 Å². The van der Waals surface area contributed by atoms with Gasteiger partial charge in [0.1, 0.15) is 11.6 Å². The van der Waals surface area contributed by atoms with Crippen LogP contribution < -0.4 is 16.2 Å². The highest BCUT2D eigenvalue weighted by atomic mass is 16.6. The average Bonchev–Trinajstić information content (AvgIpc) is 2.92. The molecular formula is C20H29N5O6. The van der Waals surface area contributed by atoms with Crippen LogP contribution in [0.25, 0.3) is 0 Å². The van der Waals surface area contributed by atoms with Crippen molar-refractivity contribution in [3.8, 4) is 0 Å². The second-order valence-electron chi connectivity index (χ2n) is 8.11. The molecule has 2 saturated heterocycles. The molecule has 1 aromatic rings. The Morgan fingerprint density at radius 3 is 2.48 bits per heavy atom. The van der Waals surface area contributed by atoms with E-state index in [4.69, 9.17) is 9.94 Å². The number of piperidine rings is 1. The van der Waals surface area contributed by atoms with Crippen molar-refractivity contribution in [2.75, 3.05) is 13.1 Å². The van der Waals surface area contributed by atoms with Crippen LogP contribution in [0.1, 0.15) is 45.2 Å². The summed E-state index contributed by atoms with van der Waals surface area (Å²) >= 11 is 0. The molecule has 2 heterocycles. The molecule has 2 aliphatic heterocycles. The summed E-state index contributed by atoms with van der Waals surface area (Å²) < 4.78 is 5.12. The Hall–Kier alpha value is -3.34. The van der Waals surface area contributed by atoms with Crippen molar-refractivity contribution in [2.24, 2.45) is 0 Å². The number of fused-ring (bicyclic) bond motifs is 2. The number of hydrogen-bond acceptors (Lipinski definition) is 6. The van der Waals surface area contributed by atoms with Gasteiger partial charge in [0.2, 0.25) is 6.41 Å². The highest BCUT2D eigenvalue weighted by Gasteiger charge is 2.38. The number of urea groups is 1. The minimum atomic E-state index is -0.978. The van der Waals surface area contributed by atoms with Crippen molar-refractivity contribution >= 4 is 24.4 Å². The van der Waals surface area contributed by atoms with E-state index < -0.39 is 23.6 Å². The number of nitrogens with zero attached hydrogens (tertiary/aromatic N) is 2. The SMILES string of the molecule is CC(C)(C)OC(=O)NC(C(=O)NNC=O)c1ccccc1.O=C1N2CCCC(C2)N1O. The summed E-state index contributed by atoms with van der Waals surface area (Å²) in [5, 5.41) is 12.4. The number of alkyl carbamates (subject to hydrolysis) is 1. The van der Waals surface area contributed by atoms with Gasteiger partial charge in [0.25, 0.3) is 5.91 Å². The van der Waals surface area contributed by atoms with E-state index >= 15 is 0 Å². The van der Waals surface area contributed by atoms with Gasteiger partial charge in [-0.25, -0.2) is 14.7 Å². The lowest BCUT2D eigenvalue weighted by atomic mass is 10.1. The zero-order valence-electron chi connectivity index (χ0n) is 17.8. The number of benzene rings is 1. The predicted octanol–water partition coefficient (Wildman–Crippen LogP) is 1.31. The molecule has 0 radical (unpaired) electrons. The van der Waals surface area contributed by atoms with E-state index in [9.17, 15) is 19.2 Å². The molecule has 2 aliphatic rings. The number of rotatable bonds is 5. The lowest BCUT2D eigenvalue weighted by Gasteiger charge is -2.23. The number of amides is 5. The molecule has 31 heavy (non-hydrogen) atoms. The first-order valence-electron chi connectivity index (χ1n) is 9.93. The van der Waals surface area contributed by atoms with Crippen molar-refractivity contribution in [1.29, 1.82) is 0 Å². The topological polar surface area (TPSA) is 140 Å². The molecular weight excluding hydrogens is 406 g/mol. The van der Waals surface area contributed by atoms with E-state index in [0.717, 1.165) is 31.0 Å². The Morgan fingerprint density at radius 1 is 1.26 bits per heavy atom. The van der Waals surface area contributed by atoms with Crippen molar-refractivity contribution in [2.45, 2.75) is 51.3 Å².